The molecular weight excluding hydrogens is 418 g/mol. The molecule has 4 heterocycles. The first-order chi connectivity index (χ1) is 16.2. The first kappa shape index (κ1) is 20.7. The number of pyridine rings is 1. The lowest BCUT2D eigenvalue weighted by molar-refractivity contribution is 0.0303. The summed E-state index contributed by atoms with van der Waals surface area (Å²) in [4.78, 5) is 23.0. The van der Waals surface area contributed by atoms with Gasteiger partial charge in [0.25, 0.3) is 5.91 Å². The summed E-state index contributed by atoms with van der Waals surface area (Å²) >= 11 is 0. The van der Waals surface area contributed by atoms with Crippen LogP contribution in [0, 0.1) is 11.8 Å². The number of methoxy groups -OCH3 is 1. The molecule has 0 saturated carbocycles. The smallest absolute Gasteiger partial charge is 0.254 e. The van der Waals surface area contributed by atoms with E-state index in [1.54, 1.807) is 30.1 Å². The van der Waals surface area contributed by atoms with Gasteiger partial charge in [0.05, 0.1) is 32.2 Å². The third-order valence-corrected chi connectivity index (χ3v) is 5.37. The average molecular weight is 439 g/mol. The zero-order valence-electron chi connectivity index (χ0n) is 18.1. The minimum absolute atomic E-state index is 0.0217. The highest BCUT2D eigenvalue weighted by atomic mass is 16.5. The Bertz CT molecular complexity index is 1350. The minimum Gasteiger partial charge on any atom is -0.481 e. The molecular formula is C25H21N5O3. The second-order valence-corrected chi connectivity index (χ2v) is 7.45. The van der Waals surface area contributed by atoms with Crippen LogP contribution in [0.15, 0.2) is 60.9 Å². The third kappa shape index (κ3) is 4.40. The van der Waals surface area contributed by atoms with Crippen LogP contribution in [0.4, 0.5) is 0 Å². The number of hydrogen-bond donors (Lipinski definition) is 0. The van der Waals surface area contributed by atoms with Crippen molar-refractivity contribution in [2.45, 2.75) is 0 Å². The van der Waals surface area contributed by atoms with E-state index in [0.717, 1.165) is 16.8 Å². The van der Waals surface area contributed by atoms with Crippen LogP contribution < -0.4 is 4.74 Å². The molecule has 33 heavy (non-hydrogen) atoms. The van der Waals surface area contributed by atoms with Crippen molar-refractivity contribution in [1.82, 2.24) is 24.5 Å². The predicted octanol–water partition coefficient (Wildman–Crippen LogP) is 2.67. The summed E-state index contributed by atoms with van der Waals surface area (Å²) < 4.78 is 12.1. The Balaban J connectivity index is 1.39. The molecule has 8 heteroatoms. The number of hydrogen-bond acceptors (Lipinski definition) is 6. The Kier molecular flexibility index (Phi) is 5.70. The number of carbonyl (C=O) groups excluding carboxylic acids is 1. The Hall–Kier alpha value is -4.22. The molecule has 0 unspecified atom stereocenters. The monoisotopic (exact) mass is 439 g/mol. The first-order valence-corrected chi connectivity index (χ1v) is 10.6. The molecule has 0 bridgehead atoms. The molecule has 0 radical (unpaired) electrons. The normalized spacial score (nSPS) is 13.4. The van der Waals surface area contributed by atoms with Gasteiger partial charge in [-0.3, -0.25) is 4.79 Å². The molecule has 5 rings (SSSR count). The summed E-state index contributed by atoms with van der Waals surface area (Å²) in [5.41, 5.74) is 4.46. The van der Waals surface area contributed by atoms with Crippen LogP contribution in [-0.4, -0.2) is 63.8 Å². The van der Waals surface area contributed by atoms with Crippen molar-refractivity contribution in [3.05, 3.63) is 77.7 Å². The number of aromatic nitrogens is 4. The van der Waals surface area contributed by atoms with E-state index in [1.165, 1.54) is 0 Å². The number of ether oxygens (including phenoxy) is 2. The molecule has 8 nitrogen and oxygen atoms in total. The number of carbonyl (C=O) groups is 1. The van der Waals surface area contributed by atoms with Gasteiger partial charge in [0.2, 0.25) is 5.88 Å². The number of nitrogens with zero attached hydrogens (tertiary/aromatic N) is 5. The maximum atomic E-state index is 12.7. The number of rotatable bonds is 3. The van der Waals surface area contributed by atoms with Gasteiger partial charge in [0.15, 0.2) is 5.65 Å². The highest BCUT2D eigenvalue weighted by Gasteiger charge is 2.18. The molecule has 0 spiro atoms. The molecule has 1 aromatic carbocycles. The van der Waals surface area contributed by atoms with Crippen molar-refractivity contribution in [2.75, 3.05) is 33.4 Å². The number of fused-ring (bicyclic) bond motifs is 1. The van der Waals surface area contributed by atoms with Gasteiger partial charge in [-0.05, 0) is 36.3 Å². The maximum Gasteiger partial charge on any atom is 0.254 e. The standard InChI is InChI=1S/C25H21N5O3/c1-32-24-11-3-18(16-27-24)2-8-21-17-26-23-10-9-22(28-30(21)23)19-4-6-20(7-5-19)25(31)29-12-14-33-15-13-29/h3-7,9-11,16-17H,12-15H2,1H3. The lowest BCUT2D eigenvalue weighted by Gasteiger charge is -2.26. The highest BCUT2D eigenvalue weighted by molar-refractivity contribution is 5.94. The van der Waals surface area contributed by atoms with Gasteiger partial charge >= 0.3 is 0 Å². The molecule has 164 valence electrons. The van der Waals surface area contributed by atoms with Crippen molar-refractivity contribution in [2.24, 2.45) is 0 Å². The van der Waals surface area contributed by atoms with Crippen LogP contribution in [0.1, 0.15) is 21.6 Å². The lowest BCUT2D eigenvalue weighted by atomic mass is 10.1. The summed E-state index contributed by atoms with van der Waals surface area (Å²) in [6, 6.07) is 14.9. The molecule has 0 atom stereocenters. The second-order valence-electron chi connectivity index (χ2n) is 7.45. The molecule has 4 aromatic rings. The molecule has 1 fully saturated rings. The van der Waals surface area contributed by atoms with E-state index in [0.29, 0.717) is 49.1 Å². The molecule has 1 saturated heterocycles. The second kappa shape index (κ2) is 9.10. The fraction of sp³-hybridized carbons (Fsp3) is 0.200. The van der Waals surface area contributed by atoms with E-state index in [2.05, 4.69) is 21.8 Å². The van der Waals surface area contributed by atoms with Crippen LogP contribution in [0.2, 0.25) is 0 Å². The average Bonchev–Trinajstić information content (AvgIpc) is 3.30. The number of morpholine rings is 1. The number of benzene rings is 1. The van der Waals surface area contributed by atoms with Crippen molar-refractivity contribution < 1.29 is 14.3 Å². The van der Waals surface area contributed by atoms with Gasteiger partial charge in [0, 0.05) is 42.0 Å². The molecule has 0 aliphatic carbocycles. The van der Waals surface area contributed by atoms with Gasteiger partial charge in [-0.2, -0.15) is 5.10 Å². The largest absolute Gasteiger partial charge is 0.481 e. The molecule has 1 aliphatic heterocycles. The summed E-state index contributed by atoms with van der Waals surface area (Å²) in [5.74, 6) is 6.75. The lowest BCUT2D eigenvalue weighted by Crippen LogP contribution is -2.40. The van der Waals surface area contributed by atoms with Crippen LogP contribution in [0.5, 0.6) is 5.88 Å². The Morgan fingerprint density at radius 3 is 2.52 bits per heavy atom. The maximum absolute atomic E-state index is 12.7. The molecule has 1 amide bonds. The number of amides is 1. The van der Waals surface area contributed by atoms with Crippen molar-refractivity contribution in [3.8, 4) is 29.0 Å². The molecule has 1 aliphatic rings. The fourth-order valence-electron chi connectivity index (χ4n) is 3.56. The van der Waals surface area contributed by atoms with Crippen LogP contribution in [-0.2, 0) is 4.74 Å². The third-order valence-electron chi connectivity index (χ3n) is 5.37. The summed E-state index contributed by atoms with van der Waals surface area (Å²) in [5, 5.41) is 4.71. The Morgan fingerprint density at radius 1 is 0.970 bits per heavy atom. The van der Waals surface area contributed by atoms with E-state index in [-0.39, 0.29) is 5.91 Å². The van der Waals surface area contributed by atoms with Crippen LogP contribution >= 0.6 is 0 Å². The van der Waals surface area contributed by atoms with Crippen LogP contribution in [0.3, 0.4) is 0 Å². The topological polar surface area (TPSA) is 81.8 Å². The molecule has 3 aromatic heterocycles. The van der Waals surface area contributed by atoms with Gasteiger partial charge in [-0.15, -0.1) is 0 Å². The number of imidazole rings is 1. The van der Waals surface area contributed by atoms with Gasteiger partial charge < -0.3 is 14.4 Å². The van der Waals surface area contributed by atoms with Crippen LogP contribution in [0.25, 0.3) is 16.9 Å². The highest BCUT2D eigenvalue weighted by Crippen LogP contribution is 2.19. The Labute approximate surface area is 190 Å². The van der Waals surface area contributed by atoms with Gasteiger partial charge in [-0.1, -0.05) is 18.1 Å². The van der Waals surface area contributed by atoms with E-state index in [1.807, 2.05) is 47.4 Å². The summed E-state index contributed by atoms with van der Waals surface area (Å²) in [7, 11) is 1.57. The van der Waals surface area contributed by atoms with Crippen molar-refractivity contribution in [1.29, 1.82) is 0 Å². The van der Waals surface area contributed by atoms with E-state index < -0.39 is 0 Å². The first-order valence-electron chi connectivity index (χ1n) is 10.6. The van der Waals surface area contributed by atoms with E-state index in [4.69, 9.17) is 14.6 Å². The van der Waals surface area contributed by atoms with Gasteiger partial charge in [0.1, 0.15) is 5.69 Å². The summed E-state index contributed by atoms with van der Waals surface area (Å²) in [6.45, 7) is 2.41. The predicted molar refractivity (Wildman–Crippen MR) is 122 cm³/mol. The minimum atomic E-state index is 0.0217. The van der Waals surface area contributed by atoms with Gasteiger partial charge in [-0.25, -0.2) is 14.5 Å². The zero-order valence-corrected chi connectivity index (χ0v) is 18.1. The molecule has 0 N–H and O–H groups in total. The fourth-order valence-corrected chi connectivity index (χ4v) is 3.56. The van der Waals surface area contributed by atoms with E-state index in [9.17, 15) is 4.79 Å². The summed E-state index contributed by atoms with van der Waals surface area (Å²) in [6.07, 6.45) is 3.36. The Morgan fingerprint density at radius 2 is 1.79 bits per heavy atom. The zero-order chi connectivity index (χ0) is 22.6. The van der Waals surface area contributed by atoms with E-state index >= 15 is 0 Å². The SMILES string of the molecule is COc1ccc(C#Cc2cnc3ccc(-c4ccc(C(=O)N5CCOCC5)cc4)nn23)cn1. The quantitative estimate of drug-likeness (QED) is 0.457. The van der Waals surface area contributed by atoms with Crippen molar-refractivity contribution in [3.63, 3.8) is 0 Å². The van der Waals surface area contributed by atoms with Crippen molar-refractivity contribution >= 4 is 11.6 Å².